The highest BCUT2D eigenvalue weighted by molar-refractivity contribution is 7.91. The normalized spacial score (nSPS) is 11.8. The van der Waals surface area contributed by atoms with E-state index in [1.807, 2.05) is 0 Å². The Bertz CT molecular complexity index is 919. The summed E-state index contributed by atoms with van der Waals surface area (Å²) in [6.45, 7) is 8.46. The van der Waals surface area contributed by atoms with E-state index in [2.05, 4.69) is 14.8 Å². The monoisotopic (exact) mass is 367 g/mol. The van der Waals surface area contributed by atoms with Crippen molar-refractivity contribution < 1.29 is 21.9 Å². The van der Waals surface area contributed by atoms with Gasteiger partial charge in [-0.05, 0) is 24.3 Å². The number of halogens is 2. The number of nitrogens with zero attached hydrogens (tertiary/aromatic N) is 3. The third-order valence-corrected chi connectivity index (χ3v) is 4.91. The zero-order valence-corrected chi connectivity index (χ0v) is 14.3. The second-order valence-electron chi connectivity index (χ2n) is 5.24. The van der Waals surface area contributed by atoms with Crippen LogP contribution in [-0.4, -0.2) is 36.7 Å². The van der Waals surface area contributed by atoms with Gasteiger partial charge in [0.05, 0.1) is 10.6 Å². The number of pyridine rings is 2. The van der Waals surface area contributed by atoms with Gasteiger partial charge < -0.3 is 9.58 Å². The molecule has 0 aliphatic rings. The van der Waals surface area contributed by atoms with Crippen LogP contribution in [0, 0.1) is 6.57 Å². The molecule has 0 spiro atoms. The Kier molecular flexibility index (Phi) is 5.33. The van der Waals surface area contributed by atoms with E-state index >= 15 is 0 Å². The lowest BCUT2D eigenvalue weighted by Crippen LogP contribution is -2.21. The lowest BCUT2D eigenvalue weighted by molar-refractivity contribution is -0.0227. The quantitative estimate of drug-likeness (QED) is 0.731. The molecule has 0 aromatic carbocycles. The lowest BCUT2D eigenvalue weighted by Gasteiger charge is -2.13. The fourth-order valence-electron chi connectivity index (χ4n) is 1.95. The third-order valence-electron chi connectivity index (χ3n) is 3.15. The van der Waals surface area contributed by atoms with Crippen LogP contribution in [0.5, 0.6) is 5.75 Å². The average Bonchev–Trinajstić information content (AvgIpc) is 2.59. The fourth-order valence-corrected chi connectivity index (χ4v) is 3.00. The third kappa shape index (κ3) is 4.48. The number of alkyl halides is 2. The van der Waals surface area contributed by atoms with Crippen LogP contribution in [0.4, 0.5) is 14.6 Å². The van der Waals surface area contributed by atoms with Gasteiger partial charge in [0.25, 0.3) is 5.92 Å². The summed E-state index contributed by atoms with van der Waals surface area (Å²) in [4.78, 5) is 11.2. The second kappa shape index (κ2) is 7.11. The predicted octanol–water partition coefficient (Wildman–Crippen LogP) is 3.52. The van der Waals surface area contributed by atoms with E-state index in [0.29, 0.717) is 6.92 Å². The molecule has 25 heavy (non-hydrogen) atoms. The standard InChI is InChI=1S/C16H15F2N3O3S/c1-4-25(22,23)13-6-5-9-20-14(13)11-7-8-12(15(19-3)21-11)24-10-16(2,17)18/h5-9H,4,10H2,1-2H3. The van der Waals surface area contributed by atoms with Crippen LogP contribution in [0.2, 0.25) is 0 Å². The molecule has 2 aromatic rings. The Hall–Kier alpha value is -2.60. The van der Waals surface area contributed by atoms with Crippen molar-refractivity contribution >= 4 is 15.7 Å². The maximum atomic E-state index is 12.9. The van der Waals surface area contributed by atoms with Crippen LogP contribution in [0.15, 0.2) is 35.4 Å². The van der Waals surface area contributed by atoms with E-state index in [0.717, 1.165) is 0 Å². The molecule has 0 bridgehead atoms. The summed E-state index contributed by atoms with van der Waals surface area (Å²) in [6.07, 6.45) is 1.41. The number of sulfone groups is 1. The summed E-state index contributed by atoms with van der Waals surface area (Å²) in [5.41, 5.74) is 0.246. The molecule has 2 aromatic heterocycles. The highest BCUT2D eigenvalue weighted by Crippen LogP contribution is 2.32. The highest BCUT2D eigenvalue weighted by atomic mass is 32.2. The van der Waals surface area contributed by atoms with E-state index in [-0.39, 0.29) is 33.6 Å². The molecule has 0 aliphatic heterocycles. The Morgan fingerprint density at radius 2 is 2.04 bits per heavy atom. The van der Waals surface area contributed by atoms with Crippen molar-refractivity contribution in [3.63, 3.8) is 0 Å². The smallest absolute Gasteiger partial charge is 0.312 e. The molecule has 0 aliphatic carbocycles. The minimum atomic E-state index is -3.55. The number of hydrogen-bond donors (Lipinski definition) is 0. The van der Waals surface area contributed by atoms with Crippen molar-refractivity contribution in [2.45, 2.75) is 24.7 Å². The van der Waals surface area contributed by atoms with Crippen LogP contribution < -0.4 is 4.74 Å². The van der Waals surface area contributed by atoms with Crippen LogP contribution in [0.25, 0.3) is 16.2 Å². The fraction of sp³-hybridized carbons (Fsp3) is 0.312. The summed E-state index contributed by atoms with van der Waals surface area (Å²) >= 11 is 0. The van der Waals surface area contributed by atoms with E-state index in [1.165, 1.54) is 37.4 Å². The number of aromatic nitrogens is 2. The summed E-state index contributed by atoms with van der Waals surface area (Å²) < 4.78 is 55.1. The first-order chi connectivity index (χ1) is 11.7. The minimum Gasteiger partial charge on any atom is -0.497 e. The van der Waals surface area contributed by atoms with Gasteiger partial charge in [-0.3, -0.25) is 4.98 Å². The van der Waals surface area contributed by atoms with Crippen LogP contribution in [-0.2, 0) is 9.84 Å². The van der Waals surface area contributed by atoms with E-state index in [1.54, 1.807) is 0 Å². The van der Waals surface area contributed by atoms with Crippen molar-refractivity contribution in [2.75, 3.05) is 12.4 Å². The minimum absolute atomic E-state index is 0.00492. The van der Waals surface area contributed by atoms with Crippen molar-refractivity contribution in [2.24, 2.45) is 0 Å². The molecule has 2 heterocycles. The number of hydrogen-bond acceptors (Lipinski definition) is 5. The average molecular weight is 367 g/mol. The first-order valence-electron chi connectivity index (χ1n) is 7.25. The van der Waals surface area contributed by atoms with Crippen LogP contribution in [0.1, 0.15) is 13.8 Å². The Morgan fingerprint density at radius 3 is 2.64 bits per heavy atom. The van der Waals surface area contributed by atoms with E-state index in [4.69, 9.17) is 11.3 Å². The second-order valence-corrected chi connectivity index (χ2v) is 7.49. The molecular weight excluding hydrogens is 352 g/mol. The van der Waals surface area contributed by atoms with Gasteiger partial charge in [0.2, 0.25) is 0 Å². The SMILES string of the molecule is [C-]#[N+]c1nc(-c2ncccc2S(=O)(=O)CC)ccc1OCC(C)(F)F. The Morgan fingerprint density at radius 1 is 1.32 bits per heavy atom. The molecule has 0 unspecified atom stereocenters. The van der Waals surface area contributed by atoms with Crippen LogP contribution in [0.3, 0.4) is 0 Å². The molecule has 6 nitrogen and oxygen atoms in total. The van der Waals surface area contributed by atoms with Gasteiger partial charge in [0.15, 0.2) is 15.5 Å². The van der Waals surface area contributed by atoms with Crippen LogP contribution >= 0.6 is 0 Å². The molecule has 132 valence electrons. The molecule has 0 saturated heterocycles. The maximum absolute atomic E-state index is 12.9. The summed E-state index contributed by atoms with van der Waals surface area (Å²) in [6, 6.07) is 5.58. The maximum Gasteiger partial charge on any atom is 0.312 e. The molecule has 0 atom stereocenters. The summed E-state index contributed by atoms with van der Waals surface area (Å²) in [5, 5.41) is 0. The molecule has 0 radical (unpaired) electrons. The van der Waals surface area contributed by atoms with Gasteiger partial charge in [-0.2, -0.15) is 0 Å². The molecule has 0 saturated carbocycles. The molecule has 0 amide bonds. The van der Waals surface area contributed by atoms with Crippen molar-refractivity contribution in [1.82, 2.24) is 9.97 Å². The first kappa shape index (κ1) is 18.7. The van der Waals surface area contributed by atoms with E-state index < -0.39 is 22.4 Å². The molecular formula is C16H15F2N3O3S. The zero-order chi connectivity index (χ0) is 18.7. The summed E-state index contributed by atoms with van der Waals surface area (Å²) in [7, 11) is -3.55. The Labute approximate surface area is 144 Å². The largest absolute Gasteiger partial charge is 0.497 e. The highest BCUT2D eigenvalue weighted by Gasteiger charge is 2.25. The van der Waals surface area contributed by atoms with Gasteiger partial charge in [-0.25, -0.2) is 17.2 Å². The van der Waals surface area contributed by atoms with Gasteiger partial charge in [-0.15, -0.1) is 4.98 Å². The molecule has 9 heteroatoms. The van der Waals surface area contributed by atoms with Gasteiger partial charge in [0.1, 0.15) is 18.1 Å². The molecule has 0 fully saturated rings. The topological polar surface area (TPSA) is 73.5 Å². The Balaban J connectivity index is 2.48. The van der Waals surface area contributed by atoms with E-state index in [9.17, 15) is 17.2 Å². The molecule has 0 N–H and O–H groups in total. The van der Waals surface area contributed by atoms with Gasteiger partial charge >= 0.3 is 5.82 Å². The predicted molar refractivity (Wildman–Crippen MR) is 87.6 cm³/mol. The van der Waals surface area contributed by atoms with Crippen molar-refractivity contribution in [3.8, 4) is 17.1 Å². The first-order valence-corrected chi connectivity index (χ1v) is 8.90. The zero-order valence-electron chi connectivity index (χ0n) is 13.5. The van der Waals surface area contributed by atoms with Gasteiger partial charge in [-0.1, -0.05) is 13.5 Å². The molecule has 2 rings (SSSR count). The summed E-state index contributed by atoms with van der Waals surface area (Å²) in [5.74, 6) is -3.52. The lowest BCUT2D eigenvalue weighted by atomic mass is 10.2. The van der Waals surface area contributed by atoms with Gasteiger partial charge in [0, 0.05) is 13.1 Å². The van der Waals surface area contributed by atoms with Crippen molar-refractivity contribution in [3.05, 3.63) is 41.9 Å². The number of rotatable bonds is 6. The van der Waals surface area contributed by atoms with Crippen molar-refractivity contribution in [1.29, 1.82) is 0 Å². The number of ether oxygens (including phenoxy) is 1.